The Hall–Kier alpha value is -4.74. The molecule has 1 N–H and O–H groups in total. The van der Waals surface area contributed by atoms with E-state index in [0.717, 1.165) is 35.9 Å². The standard InChI is InChI=1S/C24H16F3N3O6/c1-12-9-17(19(30(34)35)10-13(12)2)20-8-7-16(36-20)11-18-21(24(25,26)27)28-29(22(18)31)15-5-3-14(4-6-15)23(32)33/h3-11H,1-2H3,(H,32,33)/b18-11-. The van der Waals surface area contributed by atoms with Crippen LogP contribution >= 0.6 is 0 Å². The Labute approximate surface area is 200 Å². The minimum atomic E-state index is -4.99. The molecule has 0 spiro atoms. The number of alkyl halides is 3. The molecular weight excluding hydrogens is 483 g/mol. The van der Waals surface area contributed by atoms with Gasteiger partial charge in [0.1, 0.15) is 11.5 Å². The van der Waals surface area contributed by atoms with Gasteiger partial charge in [0.25, 0.3) is 11.6 Å². The lowest BCUT2D eigenvalue weighted by atomic mass is 10.0. The zero-order valence-corrected chi connectivity index (χ0v) is 18.7. The minimum absolute atomic E-state index is 0.0358. The van der Waals surface area contributed by atoms with Crippen LogP contribution < -0.4 is 5.01 Å². The van der Waals surface area contributed by atoms with Gasteiger partial charge in [-0.2, -0.15) is 23.3 Å². The van der Waals surface area contributed by atoms with Gasteiger partial charge in [0.2, 0.25) is 0 Å². The molecular formula is C24H16F3N3O6. The number of aryl methyl sites for hydroxylation is 2. The van der Waals surface area contributed by atoms with Crippen LogP contribution in [0.2, 0.25) is 0 Å². The number of carbonyl (C=O) groups is 2. The molecule has 0 bridgehead atoms. The molecule has 1 aliphatic heterocycles. The molecule has 2 aromatic carbocycles. The fourth-order valence-electron chi connectivity index (χ4n) is 3.54. The molecule has 0 radical (unpaired) electrons. The van der Waals surface area contributed by atoms with Crippen molar-refractivity contribution in [3.63, 3.8) is 0 Å². The van der Waals surface area contributed by atoms with Crippen LogP contribution in [0.25, 0.3) is 17.4 Å². The van der Waals surface area contributed by atoms with Gasteiger partial charge in [-0.15, -0.1) is 0 Å². The second-order valence-electron chi connectivity index (χ2n) is 7.89. The number of hydrogen-bond donors (Lipinski definition) is 1. The smallest absolute Gasteiger partial charge is 0.435 e. The van der Waals surface area contributed by atoms with E-state index in [1.807, 2.05) is 0 Å². The van der Waals surface area contributed by atoms with Crippen molar-refractivity contribution in [2.45, 2.75) is 20.0 Å². The van der Waals surface area contributed by atoms with E-state index in [-0.39, 0.29) is 34.0 Å². The van der Waals surface area contributed by atoms with E-state index in [1.54, 1.807) is 13.8 Å². The third-order valence-corrected chi connectivity index (χ3v) is 5.49. The summed E-state index contributed by atoms with van der Waals surface area (Å²) in [6, 6.07) is 10.1. The van der Waals surface area contributed by atoms with Crippen molar-refractivity contribution in [3.8, 4) is 11.3 Å². The number of amides is 1. The highest BCUT2D eigenvalue weighted by atomic mass is 19.4. The van der Waals surface area contributed by atoms with Gasteiger partial charge in [-0.05, 0) is 73.5 Å². The largest absolute Gasteiger partial charge is 0.478 e. The minimum Gasteiger partial charge on any atom is -0.478 e. The summed E-state index contributed by atoms with van der Waals surface area (Å²) in [6.07, 6.45) is -4.13. The average Bonchev–Trinajstić information content (AvgIpc) is 3.40. The van der Waals surface area contributed by atoms with Gasteiger partial charge < -0.3 is 9.52 Å². The summed E-state index contributed by atoms with van der Waals surface area (Å²) in [4.78, 5) is 34.8. The van der Waals surface area contributed by atoms with E-state index in [2.05, 4.69) is 5.10 Å². The van der Waals surface area contributed by atoms with E-state index in [9.17, 15) is 32.9 Å². The summed E-state index contributed by atoms with van der Waals surface area (Å²) in [5.74, 6) is -2.47. The lowest BCUT2D eigenvalue weighted by Crippen LogP contribution is -2.25. The number of carboxylic acids is 1. The summed E-state index contributed by atoms with van der Waals surface area (Å²) in [6.45, 7) is 3.45. The predicted octanol–water partition coefficient (Wildman–Crippen LogP) is 5.52. The van der Waals surface area contributed by atoms with Crippen LogP contribution in [0, 0.1) is 24.0 Å². The molecule has 1 aromatic heterocycles. The molecule has 4 rings (SSSR count). The maximum Gasteiger partial charge on any atom is 0.435 e. The van der Waals surface area contributed by atoms with Crippen LogP contribution in [-0.2, 0) is 4.79 Å². The summed E-state index contributed by atoms with van der Waals surface area (Å²) in [5, 5.41) is 24.4. The molecule has 0 unspecified atom stereocenters. The highest BCUT2D eigenvalue weighted by Gasteiger charge is 2.47. The molecule has 184 valence electrons. The zero-order valence-electron chi connectivity index (χ0n) is 18.7. The van der Waals surface area contributed by atoms with E-state index in [1.165, 1.54) is 24.3 Å². The number of aromatic carboxylic acids is 1. The third-order valence-electron chi connectivity index (χ3n) is 5.49. The fourth-order valence-corrected chi connectivity index (χ4v) is 3.54. The number of nitrogens with zero attached hydrogens (tertiary/aromatic N) is 3. The SMILES string of the molecule is Cc1cc(-c2ccc(/C=C3\C(=O)N(c4ccc(C(=O)O)cc4)N=C3C(F)(F)F)o2)c([N+](=O)[O-])cc1C. The number of furan rings is 1. The number of nitro benzene ring substituents is 1. The Kier molecular flexibility index (Phi) is 5.96. The number of rotatable bonds is 5. The van der Waals surface area contributed by atoms with Gasteiger partial charge in [0.05, 0.1) is 27.3 Å². The second kappa shape index (κ2) is 8.80. The van der Waals surface area contributed by atoms with Crippen molar-refractivity contribution >= 4 is 35.0 Å². The molecule has 1 aliphatic rings. The highest BCUT2D eigenvalue weighted by molar-refractivity contribution is 6.34. The molecule has 0 atom stereocenters. The first kappa shape index (κ1) is 24.4. The molecule has 1 amide bonds. The van der Waals surface area contributed by atoms with E-state index >= 15 is 0 Å². The van der Waals surface area contributed by atoms with Crippen molar-refractivity contribution in [2.75, 3.05) is 5.01 Å². The maximum absolute atomic E-state index is 13.7. The van der Waals surface area contributed by atoms with Gasteiger partial charge in [-0.3, -0.25) is 14.9 Å². The topological polar surface area (TPSA) is 126 Å². The van der Waals surface area contributed by atoms with Gasteiger partial charge >= 0.3 is 12.1 Å². The van der Waals surface area contributed by atoms with Crippen molar-refractivity contribution in [1.29, 1.82) is 0 Å². The first-order chi connectivity index (χ1) is 16.9. The number of hydrazone groups is 1. The number of carbonyl (C=O) groups excluding carboxylic acids is 1. The summed E-state index contributed by atoms with van der Waals surface area (Å²) in [7, 11) is 0. The lowest BCUT2D eigenvalue weighted by molar-refractivity contribution is -0.384. The second-order valence-corrected chi connectivity index (χ2v) is 7.89. The number of benzene rings is 2. The average molecular weight is 499 g/mol. The van der Waals surface area contributed by atoms with E-state index < -0.39 is 34.3 Å². The van der Waals surface area contributed by atoms with Crippen molar-refractivity contribution in [2.24, 2.45) is 5.10 Å². The quantitative estimate of drug-likeness (QED) is 0.280. The monoisotopic (exact) mass is 499 g/mol. The van der Waals surface area contributed by atoms with Gasteiger partial charge in [-0.25, -0.2) is 4.79 Å². The molecule has 0 saturated heterocycles. The summed E-state index contributed by atoms with van der Waals surface area (Å²) < 4.78 is 46.7. The van der Waals surface area contributed by atoms with Crippen LogP contribution in [0.1, 0.15) is 27.2 Å². The first-order valence-electron chi connectivity index (χ1n) is 10.3. The molecule has 3 aromatic rings. The Morgan fingerprint density at radius 2 is 1.75 bits per heavy atom. The zero-order chi connectivity index (χ0) is 26.4. The lowest BCUT2D eigenvalue weighted by Gasteiger charge is -2.11. The van der Waals surface area contributed by atoms with Crippen molar-refractivity contribution in [1.82, 2.24) is 0 Å². The molecule has 2 heterocycles. The van der Waals surface area contributed by atoms with Crippen LogP contribution in [0.5, 0.6) is 0 Å². The van der Waals surface area contributed by atoms with Gasteiger partial charge in [0.15, 0.2) is 5.71 Å². The molecule has 9 nitrogen and oxygen atoms in total. The highest BCUT2D eigenvalue weighted by Crippen LogP contribution is 2.36. The van der Waals surface area contributed by atoms with Gasteiger partial charge in [-0.1, -0.05) is 0 Å². The number of hydrogen-bond acceptors (Lipinski definition) is 6. The van der Waals surface area contributed by atoms with Crippen LogP contribution in [-0.4, -0.2) is 33.8 Å². The predicted molar refractivity (Wildman–Crippen MR) is 123 cm³/mol. The first-order valence-corrected chi connectivity index (χ1v) is 10.3. The van der Waals surface area contributed by atoms with E-state index in [0.29, 0.717) is 10.6 Å². The van der Waals surface area contributed by atoms with E-state index in [4.69, 9.17) is 9.52 Å². The van der Waals surface area contributed by atoms with Crippen LogP contribution in [0.4, 0.5) is 24.5 Å². The normalized spacial score (nSPS) is 14.9. The maximum atomic E-state index is 13.7. The third kappa shape index (κ3) is 4.48. The summed E-state index contributed by atoms with van der Waals surface area (Å²) in [5.41, 5.74) is -1.14. The molecule has 36 heavy (non-hydrogen) atoms. The number of carboxylic acid groups (broad SMARTS) is 1. The number of nitro groups is 1. The Balaban J connectivity index is 1.74. The van der Waals surface area contributed by atoms with Crippen LogP contribution in [0.15, 0.2) is 63.6 Å². The van der Waals surface area contributed by atoms with Crippen molar-refractivity contribution < 1.29 is 37.2 Å². The number of halogens is 3. The summed E-state index contributed by atoms with van der Waals surface area (Å²) >= 11 is 0. The number of anilines is 1. The molecule has 0 fully saturated rings. The molecule has 0 aliphatic carbocycles. The molecule has 0 saturated carbocycles. The Bertz CT molecular complexity index is 1470. The molecule has 12 heteroatoms. The van der Waals surface area contributed by atoms with Crippen molar-refractivity contribution in [3.05, 3.63) is 86.7 Å². The Morgan fingerprint density at radius 3 is 2.33 bits per heavy atom. The Morgan fingerprint density at radius 1 is 1.11 bits per heavy atom. The van der Waals surface area contributed by atoms with Gasteiger partial charge in [0, 0.05) is 6.07 Å². The van der Waals surface area contributed by atoms with Crippen LogP contribution in [0.3, 0.4) is 0 Å². The fraction of sp³-hybridized carbons (Fsp3) is 0.125.